The fraction of sp³-hybridized carbons (Fsp3) is 0.143. The molecule has 8 nitrogen and oxygen atoms in total. The second-order valence-corrected chi connectivity index (χ2v) is 7.36. The van der Waals surface area contributed by atoms with Gasteiger partial charge in [-0.25, -0.2) is 0 Å². The summed E-state index contributed by atoms with van der Waals surface area (Å²) in [6, 6.07) is 11.3. The Hall–Kier alpha value is -3.30. The molecule has 2 amide bonds. The third kappa shape index (κ3) is 4.47. The first kappa shape index (κ1) is 21.4. The minimum absolute atomic E-state index is 0.101. The Morgan fingerprint density at radius 3 is 2.40 bits per heavy atom. The van der Waals surface area contributed by atoms with E-state index < -0.39 is 17.8 Å². The highest BCUT2D eigenvalue weighted by molar-refractivity contribution is 9.10. The third-order valence-electron chi connectivity index (χ3n) is 4.44. The van der Waals surface area contributed by atoms with Crippen molar-refractivity contribution in [3.63, 3.8) is 0 Å². The Kier molecular flexibility index (Phi) is 6.43. The molecule has 0 spiro atoms. The minimum Gasteiger partial charge on any atom is -0.481 e. The number of ketones is 1. The van der Waals surface area contributed by atoms with Crippen molar-refractivity contribution < 1.29 is 29.4 Å². The van der Waals surface area contributed by atoms with E-state index in [0.29, 0.717) is 5.56 Å². The number of aliphatic carboxylic acids is 1. The number of hydrogen-bond donors (Lipinski definition) is 3. The number of carboxylic acids is 1. The van der Waals surface area contributed by atoms with Crippen molar-refractivity contribution in [2.75, 3.05) is 18.5 Å². The van der Waals surface area contributed by atoms with E-state index in [2.05, 4.69) is 21.2 Å². The topological polar surface area (TPSA) is 124 Å². The van der Waals surface area contributed by atoms with Crippen LogP contribution in [0.5, 0.6) is 0 Å². The monoisotopic (exact) mass is 472 g/mol. The van der Waals surface area contributed by atoms with Crippen molar-refractivity contribution in [2.45, 2.75) is 6.42 Å². The first-order valence-corrected chi connectivity index (χ1v) is 9.70. The maximum absolute atomic E-state index is 13.1. The molecule has 0 aliphatic carbocycles. The highest BCUT2D eigenvalue weighted by atomic mass is 79.9. The summed E-state index contributed by atoms with van der Waals surface area (Å²) in [5, 5.41) is 21.1. The second kappa shape index (κ2) is 9.02. The van der Waals surface area contributed by atoms with Gasteiger partial charge in [0.05, 0.1) is 25.3 Å². The SMILES string of the molecule is O=C(O)Cc1cccc(C(=O)c2ccc(Br)cc2)c1NC1=CC(=O)N(CCO)C1=O. The number of β-amino-alcohol motifs (C(OH)–C–C–N with tert-alkyl or cyclic N) is 1. The fourth-order valence-electron chi connectivity index (χ4n) is 3.05. The Morgan fingerprint density at radius 1 is 1.07 bits per heavy atom. The molecule has 1 aliphatic rings. The highest BCUT2D eigenvalue weighted by Crippen LogP contribution is 2.28. The van der Waals surface area contributed by atoms with E-state index >= 15 is 0 Å². The van der Waals surface area contributed by atoms with Crippen LogP contribution >= 0.6 is 15.9 Å². The molecule has 2 aromatic carbocycles. The van der Waals surface area contributed by atoms with Crippen LogP contribution in [0.3, 0.4) is 0 Å². The molecule has 0 atom stereocenters. The lowest BCUT2D eigenvalue weighted by Gasteiger charge is -2.17. The number of carbonyl (C=O) groups excluding carboxylic acids is 3. The molecular formula is C21H17BrN2O6. The number of nitrogens with zero attached hydrogens (tertiary/aromatic N) is 1. The molecule has 3 rings (SSSR count). The predicted octanol–water partition coefficient (Wildman–Crippen LogP) is 1.96. The van der Waals surface area contributed by atoms with Gasteiger partial charge in [0.25, 0.3) is 11.8 Å². The molecule has 0 radical (unpaired) electrons. The fourth-order valence-corrected chi connectivity index (χ4v) is 3.31. The number of anilines is 1. The molecule has 0 saturated carbocycles. The van der Waals surface area contributed by atoms with Crippen LogP contribution < -0.4 is 5.32 Å². The number of aliphatic hydroxyl groups excluding tert-OH is 1. The van der Waals surface area contributed by atoms with Gasteiger partial charge >= 0.3 is 5.97 Å². The molecule has 1 heterocycles. The van der Waals surface area contributed by atoms with Crippen molar-refractivity contribution in [3.05, 3.63) is 75.4 Å². The van der Waals surface area contributed by atoms with Gasteiger partial charge < -0.3 is 15.5 Å². The number of para-hydroxylation sites is 1. The van der Waals surface area contributed by atoms with Crippen molar-refractivity contribution in [3.8, 4) is 0 Å². The summed E-state index contributed by atoms with van der Waals surface area (Å²) in [5.74, 6) is -2.76. The smallest absolute Gasteiger partial charge is 0.307 e. The molecule has 0 bridgehead atoms. The van der Waals surface area contributed by atoms with Crippen LogP contribution in [0, 0.1) is 0 Å². The molecule has 0 saturated heterocycles. The zero-order chi connectivity index (χ0) is 21.8. The summed E-state index contributed by atoms with van der Waals surface area (Å²) in [6.45, 7) is -0.553. The van der Waals surface area contributed by atoms with Crippen molar-refractivity contribution >= 4 is 45.2 Å². The Labute approximate surface area is 179 Å². The summed E-state index contributed by atoms with van der Waals surface area (Å²) in [4.78, 5) is 49.8. The van der Waals surface area contributed by atoms with E-state index in [1.807, 2.05) is 0 Å². The molecule has 30 heavy (non-hydrogen) atoms. The van der Waals surface area contributed by atoms with Crippen molar-refractivity contribution in [1.82, 2.24) is 4.90 Å². The van der Waals surface area contributed by atoms with Gasteiger partial charge in [0.2, 0.25) is 0 Å². The van der Waals surface area contributed by atoms with E-state index in [-0.39, 0.29) is 47.9 Å². The first-order chi connectivity index (χ1) is 14.3. The summed E-state index contributed by atoms with van der Waals surface area (Å²) >= 11 is 3.30. The summed E-state index contributed by atoms with van der Waals surface area (Å²) in [6.07, 6.45) is 0.670. The number of carbonyl (C=O) groups is 4. The number of hydrogen-bond acceptors (Lipinski definition) is 6. The van der Waals surface area contributed by atoms with E-state index in [4.69, 9.17) is 5.11 Å². The van der Waals surface area contributed by atoms with Gasteiger partial charge in [0.1, 0.15) is 5.70 Å². The zero-order valence-electron chi connectivity index (χ0n) is 15.6. The molecule has 1 aliphatic heterocycles. The Morgan fingerprint density at radius 2 is 1.77 bits per heavy atom. The molecule has 154 valence electrons. The van der Waals surface area contributed by atoms with Crippen LogP contribution in [0.1, 0.15) is 21.5 Å². The number of amides is 2. The van der Waals surface area contributed by atoms with Crippen LogP contribution in [-0.2, 0) is 20.8 Å². The predicted molar refractivity (Wildman–Crippen MR) is 111 cm³/mol. The number of carboxylic acid groups (broad SMARTS) is 1. The first-order valence-electron chi connectivity index (χ1n) is 8.91. The lowest BCUT2D eigenvalue weighted by molar-refractivity contribution is -0.138. The van der Waals surface area contributed by atoms with Crippen LogP contribution in [0.2, 0.25) is 0 Å². The zero-order valence-corrected chi connectivity index (χ0v) is 17.2. The summed E-state index contributed by atoms with van der Waals surface area (Å²) < 4.78 is 0.793. The number of benzene rings is 2. The Balaban J connectivity index is 2.03. The van der Waals surface area contributed by atoms with Gasteiger partial charge in [-0.2, -0.15) is 0 Å². The maximum Gasteiger partial charge on any atom is 0.307 e. The second-order valence-electron chi connectivity index (χ2n) is 6.45. The van der Waals surface area contributed by atoms with Gasteiger partial charge in [0, 0.05) is 21.7 Å². The summed E-state index contributed by atoms with van der Waals surface area (Å²) in [5.41, 5.74) is 0.866. The van der Waals surface area contributed by atoms with E-state index in [1.54, 1.807) is 30.3 Å². The molecule has 2 aromatic rings. The number of aliphatic hydroxyl groups is 1. The highest BCUT2D eigenvalue weighted by Gasteiger charge is 2.32. The molecule has 3 N–H and O–H groups in total. The molecule has 0 fully saturated rings. The van der Waals surface area contributed by atoms with Gasteiger partial charge in [-0.05, 0) is 35.9 Å². The summed E-state index contributed by atoms with van der Waals surface area (Å²) in [7, 11) is 0. The lowest BCUT2D eigenvalue weighted by Crippen LogP contribution is -2.34. The molecule has 9 heteroatoms. The average Bonchev–Trinajstić information content (AvgIpc) is 2.97. The van der Waals surface area contributed by atoms with E-state index in [1.165, 1.54) is 12.1 Å². The van der Waals surface area contributed by atoms with Gasteiger partial charge in [-0.15, -0.1) is 0 Å². The normalized spacial score (nSPS) is 13.4. The van der Waals surface area contributed by atoms with Crippen molar-refractivity contribution in [1.29, 1.82) is 0 Å². The Bertz CT molecular complexity index is 1060. The molecule has 0 aromatic heterocycles. The largest absolute Gasteiger partial charge is 0.481 e. The van der Waals surface area contributed by atoms with Crippen molar-refractivity contribution in [2.24, 2.45) is 0 Å². The number of nitrogens with one attached hydrogen (secondary N) is 1. The third-order valence-corrected chi connectivity index (χ3v) is 4.96. The number of halogens is 1. The van der Waals surface area contributed by atoms with Crippen LogP contribution in [0.15, 0.2) is 58.7 Å². The average molecular weight is 473 g/mol. The van der Waals surface area contributed by atoms with Crippen LogP contribution in [0.25, 0.3) is 0 Å². The van der Waals surface area contributed by atoms with Gasteiger partial charge in [-0.1, -0.05) is 28.1 Å². The van der Waals surface area contributed by atoms with Crippen LogP contribution in [-0.4, -0.2) is 51.8 Å². The molecular weight excluding hydrogens is 456 g/mol. The minimum atomic E-state index is -1.11. The van der Waals surface area contributed by atoms with E-state index in [0.717, 1.165) is 15.4 Å². The lowest BCUT2D eigenvalue weighted by atomic mass is 9.97. The van der Waals surface area contributed by atoms with Crippen LogP contribution in [0.4, 0.5) is 5.69 Å². The maximum atomic E-state index is 13.1. The standard InChI is InChI=1S/C21H17BrN2O6/c22-14-6-4-12(5-7-14)20(29)15-3-1-2-13(10-18(27)28)19(15)23-16-11-17(26)24(8-9-25)21(16)30/h1-7,11,23,25H,8-10H2,(H,27,28). The van der Waals surface area contributed by atoms with Gasteiger partial charge in [-0.3, -0.25) is 24.1 Å². The van der Waals surface area contributed by atoms with Gasteiger partial charge in [0.15, 0.2) is 5.78 Å². The number of imide groups is 1. The van der Waals surface area contributed by atoms with E-state index in [9.17, 15) is 24.3 Å². The quantitative estimate of drug-likeness (QED) is 0.396. The number of rotatable bonds is 8. The molecule has 0 unspecified atom stereocenters.